The molecule has 100 valence electrons. The Labute approximate surface area is 124 Å². The number of benzene rings is 1. The highest BCUT2D eigenvalue weighted by Crippen LogP contribution is 2.28. The standard InChI is InChI=1S/C14H10BrN3O2/c1-20-13-3-2-10(15)7-11(13)18-14(19)12-6-9(8-16)4-5-17-12/h2-7H,1H3,(H,18,19). The number of hydrogen-bond acceptors (Lipinski definition) is 4. The van der Waals surface area contributed by atoms with Crippen molar-refractivity contribution in [2.75, 3.05) is 12.4 Å². The minimum absolute atomic E-state index is 0.172. The number of aromatic nitrogens is 1. The van der Waals surface area contributed by atoms with Crippen molar-refractivity contribution in [3.63, 3.8) is 0 Å². The Hall–Kier alpha value is -2.39. The number of carbonyl (C=O) groups is 1. The van der Waals surface area contributed by atoms with Crippen molar-refractivity contribution in [1.29, 1.82) is 5.26 Å². The second kappa shape index (κ2) is 6.17. The van der Waals surface area contributed by atoms with E-state index >= 15 is 0 Å². The van der Waals surface area contributed by atoms with Crippen LogP contribution in [0.2, 0.25) is 0 Å². The van der Waals surface area contributed by atoms with Crippen LogP contribution in [0.25, 0.3) is 0 Å². The first-order chi connectivity index (χ1) is 9.63. The summed E-state index contributed by atoms with van der Waals surface area (Å²) in [6.45, 7) is 0. The average molecular weight is 332 g/mol. The van der Waals surface area contributed by atoms with Crippen molar-refractivity contribution in [1.82, 2.24) is 4.98 Å². The molecular weight excluding hydrogens is 322 g/mol. The van der Waals surface area contributed by atoms with Crippen LogP contribution in [-0.2, 0) is 0 Å². The summed E-state index contributed by atoms with van der Waals surface area (Å²) in [5.41, 5.74) is 1.08. The fourth-order valence-corrected chi connectivity index (χ4v) is 1.95. The third-order valence-corrected chi connectivity index (χ3v) is 3.02. The normalized spacial score (nSPS) is 9.65. The molecule has 2 rings (SSSR count). The zero-order chi connectivity index (χ0) is 14.5. The molecule has 0 radical (unpaired) electrons. The minimum atomic E-state index is -0.404. The first-order valence-corrected chi connectivity index (χ1v) is 6.44. The second-order valence-corrected chi connectivity index (χ2v) is 4.76. The molecule has 0 aliphatic carbocycles. The number of halogens is 1. The lowest BCUT2D eigenvalue weighted by Crippen LogP contribution is -2.14. The molecule has 0 fully saturated rings. The topological polar surface area (TPSA) is 75.0 Å². The monoisotopic (exact) mass is 331 g/mol. The molecule has 0 unspecified atom stereocenters. The Bertz CT molecular complexity index is 695. The van der Waals surface area contributed by atoms with Crippen molar-refractivity contribution < 1.29 is 9.53 Å². The van der Waals surface area contributed by atoms with Gasteiger partial charge in [-0.05, 0) is 30.3 Å². The molecule has 1 heterocycles. The van der Waals surface area contributed by atoms with Gasteiger partial charge in [0.1, 0.15) is 11.4 Å². The van der Waals surface area contributed by atoms with E-state index in [0.717, 1.165) is 4.47 Å². The molecule has 0 aliphatic heterocycles. The number of carbonyl (C=O) groups excluding carboxylic acids is 1. The largest absolute Gasteiger partial charge is 0.495 e. The van der Waals surface area contributed by atoms with Crippen LogP contribution in [0.3, 0.4) is 0 Å². The van der Waals surface area contributed by atoms with E-state index in [-0.39, 0.29) is 5.69 Å². The summed E-state index contributed by atoms with van der Waals surface area (Å²) in [6.07, 6.45) is 1.42. The van der Waals surface area contributed by atoms with E-state index in [2.05, 4.69) is 26.2 Å². The number of ether oxygens (including phenoxy) is 1. The highest BCUT2D eigenvalue weighted by molar-refractivity contribution is 9.10. The fourth-order valence-electron chi connectivity index (χ4n) is 1.59. The molecule has 0 atom stereocenters. The molecule has 1 aromatic carbocycles. The van der Waals surface area contributed by atoms with Crippen molar-refractivity contribution in [2.45, 2.75) is 0 Å². The van der Waals surface area contributed by atoms with E-state index in [9.17, 15) is 4.79 Å². The molecule has 1 aromatic heterocycles. The van der Waals surface area contributed by atoms with Crippen LogP contribution in [-0.4, -0.2) is 18.0 Å². The van der Waals surface area contributed by atoms with Gasteiger partial charge in [-0.3, -0.25) is 9.78 Å². The molecule has 6 heteroatoms. The molecule has 1 amide bonds. The number of hydrogen-bond donors (Lipinski definition) is 1. The number of pyridine rings is 1. The summed E-state index contributed by atoms with van der Waals surface area (Å²) in [7, 11) is 1.52. The molecule has 1 N–H and O–H groups in total. The number of nitrogens with zero attached hydrogens (tertiary/aromatic N) is 2. The average Bonchev–Trinajstić information content (AvgIpc) is 2.47. The molecule has 20 heavy (non-hydrogen) atoms. The number of nitriles is 1. The van der Waals surface area contributed by atoms with Gasteiger partial charge in [-0.25, -0.2) is 0 Å². The first kappa shape index (κ1) is 14.0. The van der Waals surface area contributed by atoms with Crippen LogP contribution >= 0.6 is 15.9 Å². The highest BCUT2D eigenvalue weighted by Gasteiger charge is 2.12. The Morgan fingerprint density at radius 2 is 2.20 bits per heavy atom. The van der Waals surface area contributed by atoms with Crippen molar-refractivity contribution in [3.8, 4) is 11.8 Å². The van der Waals surface area contributed by atoms with Crippen LogP contribution in [0.4, 0.5) is 5.69 Å². The minimum Gasteiger partial charge on any atom is -0.495 e. The van der Waals surface area contributed by atoms with Gasteiger partial charge in [-0.1, -0.05) is 15.9 Å². The molecule has 0 saturated carbocycles. The maximum atomic E-state index is 12.1. The molecule has 0 spiro atoms. The lowest BCUT2D eigenvalue weighted by atomic mass is 10.2. The molecule has 0 saturated heterocycles. The lowest BCUT2D eigenvalue weighted by Gasteiger charge is -2.10. The maximum absolute atomic E-state index is 12.1. The Kier molecular flexibility index (Phi) is 4.33. The highest BCUT2D eigenvalue weighted by atomic mass is 79.9. The van der Waals surface area contributed by atoms with Gasteiger partial charge in [-0.15, -0.1) is 0 Å². The van der Waals surface area contributed by atoms with Crippen molar-refractivity contribution in [2.24, 2.45) is 0 Å². The predicted octanol–water partition coefficient (Wildman–Crippen LogP) is 2.98. The van der Waals surface area contributed by atoms with Crippen LogP contribution < -0.4 is 10.1 Å². The summed E-state index contributed by atoms with van der Waals surface area (Å²) in [6, 6.07) is 10.2. The van der Waals surface area contributed by atoms with Gasteiger partial charge in [0.2, 0.25) is 0 Å². The van der Waals surface area contributed by atoms with E-state index in [1.54, 1.807) is 12.1 Å². The van der Waals surface area contributed by atoms with E-state index in [1.165, 1.54) is 25.4 Å². The van der Waals surface area contributed by atoms with Crippen LogP contribution in [0.15, 0.2) is 41.0 Å². The zero-order valence-electron chi connectivity index (χ0n) is 10.6. The molecule has 5 nitrogen and oxygen atoms in total. The van der Waals surface area contributed by atoms with Crippen molar-refractivity contribution in [3.05, 3.63) is 52.3 Å². The zero-order valence-corrected chi connectivity index (χ0v) is 12.1. The van der Waals surface area contributed by atoms with Crippen molar-refractivity contribution >= 4 is 27.5 Å². The third kappa shape index (κ3) is 3.13. The number of methoxy groups -OCH3 is 1. The fraction of sp³-hybridized carbons (Fsp3) is 0.0714. The first-order valence-electron chi connectivity index (χ1n) is 5.65. The summed E-state index contributed by atoms with van der Waals surface area (Å²) in [5, 5.41) is 11.5. The molecule has 0 bridgehead atoms. The van der Waals surface area contributed by atoms with Crippen LogP contribution in [0, 0.1) is 11.3 Å². The maximum Gasteiger partial charge on any atom is 0.274 e. The van der Waals surface area contributed by atoms with Crippen LogP contribution in [0.1, 0.15) is 16.1 Å². The summed E-state index contributed by atoms with van der Waals surface area (Å²) in [5.74, 6) is 0.136. The van der Waals surface area contributed by atoms with Gasteiger partial charge in [0.05, 0.1) is 24.4 Å². The predicted molar refractivity (Wildman–Crippen MR) is 77.6 cm³/mol. The van der Waals surface area contributed by atoms with E-state index in [4.69, 9.17) is 10.00 Å². The summed E-state index contributed by atoms with van der Waals surface area (Å²) in [4.78, 5) is 16.1. The van der Waals surface area contributed by atoms with E-state index in [0.29, 0.717) is 17.0 Å². The van der Waals surface area contributed by atoms with Gasteiger partial charge < -0.3 is 10.1 Å². The molecular formula is C14H10BrN3O2. The third-order valence-electron chi connectivity index (χ3n) is 2.53. The van der Waals surface area contributed by atoms with Gasteiger partial charge in [0.15, 0.2) is 0 Å². The molecule has 2 aromatic rings. The van der Waals surface area contributed by atoms with E-state index < -0.39 is 5.91 Å². The number of rotatable bonds is 3. The lowest BCUT2D eigenvalue weighted by molar-refractivity contribution is 0.102. The summed E-state index contributed by atoms with van der Waals surface area (Å²) < 4.78 is 5.99. The Morgan fingerprint density at radius 1 is 1.40 bits per heavy atom. The number of nitrogens with one attached hydrogen (secondary N) is 1. The summed E-state index contributed by atoms with van der Waals surface area (Å²) >= 11 is 3.33. The SMILES string of the molecule is COc1ccc(Br)cc1NC(=O)c1cc(C#N)ccn1. The molecule has 0 aliphatic rings. The van der Waals surface area contributed by atoms with Gasteiger partial charge >= 0.3 is 0 Å². The van der Waals surface area contributed by atoms with Gasteiger partial charge in [-0.2, -0.15) is 5.26 Å². The Balaban J connectivity index is 2.27. The quantitative estimate of drug-likeness (QED) is 0.938. The Morgan fingerprint density at radius 3 is 2.90 bits per heavy atom. The van der Waals surface area contributed by atoms with E-state index in [1.807, 2.05) is 12.1 Å². The van der Waals surface area contributed by atoms with Gasteiger partial charge in [0.25, 0.3) is 5.91 Å². The number of anilines is 1. The van der Waals surface area contributed by atoms with Gasteiger partial charge in [0, 0.05) is 10.7 Å². The van der Waals surface area contributed by atoms with Crippen LogP contribution in [0.5, 0.6) is 5.75 Å². The smallest absolute Gasteiger partial charge is 0.274 e. The number of amides is 1. The second-order valence-electron chi connectivity index (χ2n) is 3.84.